The van der Waals surface area contributed by atoms with Gasteiger partial charge in [-0.3, -0.25) is 9.59 Å². The van der Waals surface area contributed by atoms with Crippen LogP contribution in [0.15, 0.2) is 47.4 Å². The number of benzene rings is 2. The highest BCUT2D eigenvalue weighted by Gasteiger charge is 2.29. The molecule has 1 saturated heterocycles. The average molecular weight is 482 g/mol. The van der Waals surface area contributed by atoms with E-state index in [1.54, 1.807) is 37.3 Å². The third-order valence-corrected chi connectivity index (χ3v) is 6.80. The molecule has 32 heavy (non-hydrogen) atoms. The molecule has 1 heterocycles. The van der Waals surface area contributed by atoms with Crippen LogP contribution in [0.2, 0.25) is 5.02 Å². The Balaban J connectivity index is 1.70. The largest absolute Gasteiger partial charge is 0.492 e. The zero-order valence-electron chi connectivity index (χ0n) is 17.5. The minimum Gasteiger partial charge on any atom is -0.492 e. The predicted molar refractivity (Wildman–Crippen MR) is 120 cm³/mol. The van der Waals surface area contributed by atoms with Crippen molar-refractivity contribution in [2.24, 2.45) is 0 Å². The van der Waals surface area contributed by atoms with E-state index < -0.39 is 21.8 Å². The van der Waals surface area contributed by atoms with Gasteiger partial charge in [0.05, 0.1) is 26.4 Å². The molecule has 0 unspecified atom stereocenters. The zero-order valence-corrected chi connectivity index (χ0v) is 19.0. The molecule has 172 valence electrons. The maximum Gasteiger partial charge on any atom is 0.251 e. The first kappa shape index (κ1) is 24.0. The third kappa shape index (κ3) is 5.98. The van der Waals surface area contributed by atoms with Crippen molar-refractivity contribution >= 4 is 39.1 Å². The molecule has 0 aliphatic carbocycles. The van der Waals surface area contributed by atoms with E-state index in [1.807, 2.05) is 0 Å². The highest BCUT2D eigenvalue weighted by atomic mass is 35.5. The fraction of sp³-hybridized carbons (Fsp3) is 0.333. The van der Waals surface area contributed by atoms with Gasteiger partial charge < -0.3 is 20.1 Å². The Hall–Kier alpha value is -2.66. The van der Waals surface area contributed by atoms with Crippen LogP contribution in [-0.2, 0) is 19.6 Å². The topological polar surface area (TPSA) is 114 Å². The van der Waals surface area contributed by atoms with Crippen LogP contribution in [0, 0.1) is 0 Å². The molecule has 3 rings (SSSR count). The van der Waals surface area contributed by atoms with Gasteiger partial charge in [-0.2, -0.15) is 4.31 Å². The molecule has 2 aromatic rings. The van der Waals surface area contributed by atoms with E-state index >= 15 is 0 Å². The van der Waals surface area contributed by atoms with Gasteiger partial charge in [0, 0.05) is 29.4 Å². The summed E-state index contributed by atoms with van der Waals surface area (Å²) in [6, 6.07) is 10.6. The van der Waals surface area contributed by atoms with Gasteiger partial charge in [0.2, 0.25) is 15.9 Å². The smallest absolute Gasteiger partial charge is 0.251 e. The van der Waals surface area contributed by atoms with Crippen molar-refractivity contribution in [1.82, 2.24) is 9.62 Å². The predicted octanol–water partition coefficient (Wildman–Crippen LogP) is 2.13. The van der Waals surface area contributed by atoms with Gasteiger partial charge in [-0.1, -0.05) is 11.6 Å². The molecule has 1 aliphatic rings. The molecule has 0 atom stereocenters. The van der Waals surface area contributed by atoms with Crippen molar-refractivity contribution in [2.75, 3.05) is 44.8 Å². The first-order valence-electron chi connectivity index (χ1n) is 9.99. The van der Waals surface area contributed by atoms with Crippen molar-refractivity contribution in [3.8, 4) is 5.75 Å². The molecule has 0 spiro atoms. The lowest BCUT2D eigenvalue weighted by atomic mass is 10.2. The SMILES string of the molecule is CCOc1ccc(NC(=O)CNC(=O)c2ccc(Cl)cc2)cc1S(=O)(=O)N1CCOCC1. The van der Waals surface area contributed by atoms with Crippen LogP contribution in [-0.4, -0.2) is 64.0 Å². The van der Waals surface area contributed by atoms with E-state index in [-0.39, 0.29) is 42.6 Å². The second-order valence-corrected chi connectivity index (χ2v) is 9.19. The normalized spacial score (nSPS) is 14.6. The van der Waals surface area contributed by atoms with Gasteiger partial charge in [-0.15, -0.1) is 0 Å². The van der Waals surface area contributed by atoms with E-state index in [9.17, 15) is 18.0 Å². The molecule has 0 radical (unpaired) electrons. The number of anilines is 1. The van der Waals surface area contributed by atoms with E-state index in [0.29, 0.717) is 23.8 Å². The number of morpholine rings is 1. The van der Waals surface area contributed by atoms with Gasteiger partial charge in [0.15, 0.2) is 0 Å². The van der Waals surface area contributed by atoms with Crippen LogP contribution in [0.4, 0.5) is 5.69 Å². The molecule has 1 fully saturated rings. The van der Waals surface area contributed by atoms with Crippen LogP contribution >= 0.6 is 11.6 Å². The third-order valence-electron chi connectivity index (χ3n) is 4.63. The zero-order chi connectivity index (χ0) is 23.1. The Morgan fingerprint density at radius 2 is 1.81 bits per heavy atom. The quantitative estimate of drug-likeness (QED) is 0.597. The summed E-state index contributed by atoms with van der Waals surface area (Å²) in [5.41, 5.74) is 0.633. The van der Waals surface area contributed by atoms with Crippen molar-refractivity contribution in [3.63, 3.8) is 0 Å². The summed E-state index contributed by atoms with van der Waals surface area (Å²) in [5, 5.41) is 5.61. The lowest BCUT2D eigenvalue weighted by Crippen LogP contribution is -2.40. The van der Waals surface area contributed by atoms with Gasteiger partial charge in [0.1, 0.15) is 10.6 Å². The fourth-order valence-corrected chi connectivity index (χ4v) is 4.75. The molecule has 2 N–H and O–H groups in total. The molecular formula is C21H24ClN3O6S. The fourth-order valence-electron chi connectivity index (χ4n) is 3.06. The summed E-state index contributed by atoms with van der Waals surface area (Å²) in [6.45, 7) is 2.85. The molecule has 0 saturated carbocycles. The number of nitrogens with one attached hydrogen (secondary N) is 2. The van der Waals surface area contributed by atoms with Crippen molar-refractivity contribution in [3.05, 3.63) is 53.1 Å². The van der Waals surface area contributed by atoms with Gasteiger partial charge >= 0.3 is 0 Å². The highest BCUT2D eigenvalue weighted by Crippen LogP contribution is 2.30. The number of sulfonamides is 1. The molecule has 0 bridgehead atoms. The molecule has 2 aromatic carbocycles. The first-order valence-corrected chi connectivity index (χ1v) is 11.8. The monoisotopic (exact) mass is 481 g/mol. The molecule has 0 aromatic heterocycles. The second-order valence-electron chi connectivity index (χ2n) is 6.85. The van der Waals surface area contributed by atoms with Crippen LogP contribution < -0.4 is 15.4 Å². The maximum absolute atomic E-state index is 13.1. The summed E-state index contributed by atoms with van der Waals surface area (Å²) in [5.74, 6) is -0.738. The van der Waals surface area contributed by atoms with Gasteiger partial charge in [0.25, 0.3) is 5.91 Å². The highest BCUT2D eigenvalue weighted by molar-refractivity contribution is 7.89. The summed E-state index contributed by atoms with van der Waals surface area (Å²) >= 11 is 5.80. The summed E-state index contributed by atoms with van der Waals surface area (Å²) in [4.78, 5) is 24.4. The lowest BCUT2D eigenvalue weighted by molar-refractivity contribution is -0.115. The summed E-state index contributed by atoms with van der Waals surface area (Å²) in [6.07, 6.45) is 0. The Bertz CT molecular complexity index is 1070. The minimum atomic E-state index is -3.84. The number of hydrogen-bond donors (Lipinski definition) is 2. The molecule has 1 aliphatic heterocycles. The number of ether oxygens (including phenoxy) is 2. The summed E-state index contributed by atoms with van der Waals surface area (Å²) in [7, 11) is -3.84. The lowest BCUT2D eigenvalue weighted by Gasteiger charge is -2.27. The Morgan fingerprint density at radius 3 is 2.47 bits per heavy atom. The number of halogens is 1. The number of carbonyl (C=O) groups is 2. The van der Waals surface area contributed by atoms with Gasteiger partial charge in [-0.05, 0) is 49.4 Å². The number of hydrogen-bond acceptors (Lipinski definition) is 6. The standard InChI is InChI=1S/C21H24ClN3O6S/c1-2-31-18-8-7-17(13-19(18)32(28,29)25-9-11-30-12-10-25)24-20(26)14-23-21(27)15-3-5-16(22)6-4-15/h3-8,13H,2,9-12,14H2,1H3,(H,23,27)(H,24,26). The van der Waals surface area contributed by atoms with Crippen LogP contribution in [0.1, 0.15) is 17.3 Å². The number of carbonyl (C=O) groups excluding carboxylic acids is 2. The first-order chi connectivity index (χ1) is 15.3. The second kappa shape index (κ2) is 10.8. The van der Waals surface area contributed by atoms with Crippen LogP contribution in [0.3, 0.4) is 0 Å². The van der Waals surface area contributed by atoms with E-state index in [4.69, 9.17) is 21.1 Å². The average Bonchev–Trinajstić information content (AvgIpc) is 2.79. The Kier molecular flexibility index (Phi) is 8.08. The Labute approximate surface area is 191 Å². The van der Waals surface area contributed by atoms with Gasteiger partial charge in [-0.25, -0.2) is 8.42 Å². The molecule has 11 heteroatoms. The molecule has 2 amide bonds. The number of nitrogens with zero attached hydrogens (tertiary/aromatic N) is 1. The van der Waals surface area contributed by atoms with Crippen molar-refractivity contribution < 1.29 is 27.5 Å². The molecule has 9 nitrogen and oxygen atoms in total. The van der Waals surface area contributed by atoms with Crippen LogP contribution in [0.25, 0.3) is 0 Å². The summed E-state index contributed by atoms with van der Waals surface area (Å²) < 4.78 is 38.3. The van der Waals surface area contributed by atoms with Crippen LogP contribution in [0.5, 0.6) is 5.75 Å². The number of rotatable bonds is 8. The van der Waals surface area contributed by atoms with E-state index in [1.165, 1.54) is 16.4 Å². The van der Waals surface area contributed by atoms with Crippen molar-refractivity contribution in [1.29, 1.82) is 0 Å². The Morgan fingerprint density at radius 1 is 1.12 bits per heavy atom. The minimum absolute atomic E-state index is 0.0377. The maximum atomic E-state index is 13.1. The number of amides is 2. The molecular weight excluding hydrogens is 458 g/mol. The van der Waals surface area contributed by atoms with Crippen molar-refractivity contribution in [2.45, 2.75) is 11.8 Å². The van der Waals surface area contributed by atoms with E-state index in [2.05, 4.69) is 10.6 Å². The van der Waals surface area contributed by atoms with E-state index in [0.717, 1.165) is 0 Å².